The van der Waals surface area contributed by atoms with Gasteiger partial charge in [-0.2, -0.15) is 13.6 Å². The second-order valence-electron chi connectivity index (χ2n) is 10.3. The van der Waals surface area contributed by atoms with Gasteiger partial charge in [-0.1, -0.05) is 38.8 Å². The molecule has 0 radical (unpaired) electrons. The van der Waals surface area contributed by atoms with Crippen molar-refractivity contribution in [2.45, 2.75) is 83.7 Å². The van der Waals surface area contributed by atoms with E-state index in [1.165, 1.54) is 18.4 Å². The Morgan fingerprint density at radius 2 is 2.10 bits per heavy atom. The maximum absolute atomic E-state index is 11.3. The molecule has 3 aliphatic rings. The van der Waals surface area contributed by atoms with Crippen molar-refractivity contribution in [3.05, 3.63) is 42.0 Å². The van der Waals surface area contributed by atoms with Crippen LogP contribution < -0.4 is 9.32 Å². The Balaban J connectivity index is 1.70. The van der Waals surface area contributed by atoms with Gasteiger partial charge in [-0.3, -0.25) is 0 Å². The third kappa shape index (κ3) is 3.85. The Morgan fingerprint density at radius 1 is 1.32 bits per heavy atom. The number of benzene rings is 1. The van der Waals surface area contributed by atoms with Gasteiger partial charge in [-0.15, -0.1) is 6.58 Å². The number of aliphatic hydroxyl groups excluding tert-OH is 1. The SMILES string of the molecule is C=C[C@@]12CCc3cc(OS(N)(=O)=O)ccc3[C@H]1CC[C@]1(CC(C)CCC)[C@@H](O)CC[C@@H]21. The number of aryl methyl sites for hydroxylation is 1. The molecule has 0 saturated heterocycles. The van der Waals surface area contributed by atoms with Crippen molar-refractivity contribution in [2.75, 3.05) is 0 Å². The largest absolute Gasteiger partial charge is 0.393 e. The van der Waals surface area contributed by atoms with E-state index in [1.807, 2.05) is 12.1 Å². The monoisotopic (exact) mass is 447 g/mol. The van der Waals surface area contributed by atoms with Crippen LogP contribution >= 0.6 is 0 Å². The smallest absolute Gasteiger partial charge is 0.380 e. The summed E-state index contributed by atoms with van der Waals surface area (Å²) in [5.41, 5.74) is 2.41. The summed E-state index contributed by atoms with van der Waals surface area (Å²) in [6.07, 6.45) is 11.3. The molecule has 0 aliphatic heterocycles. The number of hydrogen-bond acceptors (Lipinski definition) is 4. The minimum Gasteiger partial charge on any atom is -0.393 e. The van der Waals surface area contributed by atoms with Crippen LogP contribution in [0.1, 0.15) is 82.3 Å². The molecule has 2 fully saturated rings. The molecule has 0 bridgehead atoms. The van der Waals surface area contributed by atoms with E-state index in [4.69, 9.17) is 9.32 Å². The van der Waals surface area contributed by atoms with Gasteiger partial charge in [-0.05, 0) is 91.4 Å². The Hall–Kier alpha value is -1.37. The molecule has 0 spiro atoms. The highest BCUT2D eigenvalue weighted by atomic mass is 32.2. The highest BCUT2D eigenvalue weighted by molar-refractivity contribution is 7.84. The van der Waals surface area contributed by atoms with Crippen molar-refractivity contribution in [1.82, 2.24) is 0 Å². The summed E-state index contributed by atoms with van der Waals surface area (Å²) in [6.45, 7) is 8.91. The molecule has 0 aromatic heterocycles. The van der Waals surface area contributed by atoms with Crippen LogP contribution in [-0.4, -0.2) is 19.6 Å². The quantitative estimate of drug-likeness (QED) is 0.585. The Kier molecular flexibility index (Phi) is 6.03. The van der Waals surface area contributed by atoms with Gasteiger partial charge >= 0.3 is 10.3 Å². The number of rotatable bonds is 7. The second-order valence-corrected chi connectivity index (χ2v) is 11.5. The van der Waals surface area contributed by atoms with E-state index in [0.717, 1.165) is 50.5 Å². The van der Waals surface area contributed by atoms with E-state index in [-0.39, 0.29) is 22.7 Å². The average molecular weight is 448 g/mol. The summed E-state index contributed by atoms with van der Waals surface area (Å²) in [5.74, 6) is 1.69. The zero-order valence-electron chi connectivity index (χ0n) is 18.8. The van der Waals surface area contributed by atoms with Crippen LogP contribution in [-0.2, 0) is 16.7 Å². The minimum atomic E-state index is -4.03. The molecular weight excluding hydrogens is 410 g/mol. The maximum atomic E-state index is 11.3. The minimum absolute atomic E-state index is 0.00649. The predicted molar refractivity (Wildman–Crippen MR) is 123 cm³/mol. The molecule has 3 aliphatic carbocycles. The van der Waals surface area contributed by atoms with E-state index in [2.05, 4.69) is 26.5 Å². The predicted octanol–water partition coefficient (Wildman–Crippen LogP) is 4.85. The van der Waals surface area contributed by atoms with Gasteiger partial charge in [0.15, 0.2) is 0 Å². The standard InChI is InChI=1S/C25H37NO4S/c1-4-6-17(3)16-25-14-12-21-20-8-7-19(30-31(26,28)29)15-18(20)11-13-24(21,5-2)22(25)9-10-23(25)27/h5,7-8,15,17,21-23,27H,2,4,6,9-14,16H2,1,3H3,(H2,26,28,29)/t17?,21-,22+,23+,24-,25-/m1/s1. The van der Waals surface area contributed by atoms with Crippen molar-refractivity contribution >= 4 is 10.3 Å². The van der Waals surface area contributed by atoms with Crippen molar-refractivity contribution in [3.8, 4) is 5.75 Å². The van der Waals surface area contributed by atoms with Crippen LogP contribution in [0.5, 0.6) is 5.75 Å². The molecule has 4 rings (SSSR count). The van der Waals surface area contributed by atoms with Crippen molar-refractivity contribution in [1.29, 1.82) is 0 Å². The van der Waals surface area contributed by atoms with Crippen molar-refractivity contribution < 1.29 is 17.7 Å². The van der Waals surface area contributed by atoms with Gasteiger partial charge < -0.3 is 9.29 Å². The lowest BCUT2D eigenvalue weighted by Crippen LogP contribution is -2.52. The molecule has 31 heavy (non-hydrogen) atoms. The van der Waals surface area contributed by atoms with Gasteiger partial charge in [0.05, 0.1) is 6.10 Å². The zero-order chi connectivity index (χ0) is 22.4. The van der Waals surface area contributed by atoms with Crippen LogP contribution in [0.3, 0.4) is 0 Å². The van der Waals surface area contributed by atoms with Crippen molar-refractivity contribution in [2.24, 2.45) is 27.8 Å². The molecule has 0 amide bonds. The molecule has 6 heteroatoms. The highest BCUT2D eigenvalue weighted by Crippen LogP contribution is 2.69. The van der Waals surface area contributed by atoms with E-state index in [0.29, 0.717) is 17.8 Å². The lowest BCUT2D eigenvalue weighted by Gasteiger charge is -2.58. The molecule has 172 valence electrons. The third-order valence-electron chi connectivity index (χ3n) is 8.70. The summed E-state index contributed by atoms with van der Waals surface area (Å²) in [5, 5.41) is 16.3. The molecule has 1 unspecified atom stereocenters. The van der Waals surface area contributed by atoms with Crippen LogP contribution in [0.4, 0.5) is 0 Å². The maximum Gasteiger partial charge on any atom is 0.380 e. The lowest BCUT2D eigenvalue weighted by molar-refractivity contribution is -0.0787. The first-order chi connectivity index (χ1) is 14.6. The molecule has 2 saturated carbocycles. The molecular formula is C25H37NO4S. The highest BCUT2D eigenvalue weighted by Gasteiger charge is 2.62. The Labute approximate surface area is 187 Å². The van der Waals surface area contributed by atoms with Crippen LogP contribution in [0.2, 0.25) is 0 Å². The fourth-order valence-corrected chi connectivity index (χ4v) is 8.05. The molecule has 6 atom stereocenters. The second kappa shape index (κ2) is 8.20. The first-order valence-corrected chi connectivity index (χ1v) is 13.3. The van der Waals surface area contributed by atoms with E-state index in [1.54, 1.807) is 6.07 Å². The van der Waals surface area contributed by atoms with E-state index >= 15 is 0 Å². The number of fused-ring (bicyclic) bond motifs is 5. The lowest BCUT2D eigenvalue weighted by atomic mass is 9.46. The molecule has 5 nitrogen and oxygen atoms in total. The van der Waals surface area contributed by atoms with Gasteiger partial charge in [0.1, 0.15) is 5.75 Å². The first kappa shape index (κ1) is 22.8. The van der Waals surface area contributed by atoms with Crippen molar-refractivity contribution in [3.63, 3.8) is 0 Å². The topological polar surface area (TPSA) is 89.6 Å². The number of allylic oxidation sites excluding steroid dienone is 1. The Morgan fingerprint density at radius 3 is 2.77 bits per heavy atom. The molecule has 1 aromatic rings. The summed E-state index contributed by atoms with van der Waals surface area (Å²) in [4.78, 5) is 0. The molecule has 1 aromatic carbocycles. The fraction of sp³-hybridized carbons (Fsp3) is 0.680. The van der Waals surface area contributed by atoms with Gasteiger partial charge in [0.2, 0.25) is 0 Å². The normalized spacial score (nSPS) is 35.5. The zero-order valence-corrected chi connectivity index (χ0v) is 19.7. The van der Waals surface area contributed by atoms with E-state index in [9.17, 15) is 13.5 Å². The average Bonchev–Trinajstić information content (AvgIpc) is 3.03. The number of nitrogens with two attached hydrogens (primary N) is 1. The van der Waals surface area contributed by atoms with Gasteiger partial charge in [0.25, 0.3) is 0 Å². The summed E-state index contributed by atoms with van der Waals surface area (Å²) >= 11 is 0. The number of aliphatic hydroxyl groups is 1. The number of hydrogen-bond donors (Lipinski definition) is 2. The molecule has 0 heterocycles. The van der Waals surface area contributed by atoms with Gasteiger partial charge in [-0.25, -0.2) is 0 Å². The summed E-state index contributed by atoms with van der Waals surface area (Å²) in [6, 6.07) is 5.58. The fourth-order valence-electron chi connectivity index (χ4n) is 7.68. The van der Waals surface area contributed by atoms with Gasteiger partial charge in [0, 0.05) is 5.41 Å². The van der Waals surface area contributed by atoms with Crippen LogP contribution in [0.25, 0.3) is 0 Å². The van der Waals surface area contributed by atoms with Crippen LogP contribution in [0, 0.1) is 22.7 Å². The Bertz CT molecular complexity index is 945. The van der Waals surface area contributed by atoms with E-state index < -0.39 is 10.3 Å². The summed E-state index contributed by atoms with van der Waals surface area (Å²) in [7, 11) is -4.03. The third-order valence-corrected chi connectivity index (χ3v) is 9.13. The molecule has 3 N–H and O–H groups in total. The summed E-state index contributed by atoms with van der Waals surface area (Å²) < 4.78 is 27.6. The van der Waals surface area contributed by atoms with Crippen LogP contribution in [0.15, 0.2) is 30.9 Å². The first-order valence-electron chi connectivity index (χ1n) is 11.8.